The molecule has 0 unspecified atom stereocenters. The highest BCUT2D eigenvalue weighted by Gasteiger charge is 2.15. The Labute approximate surface area is 152 Å². The minimum absolute atomic E-state index is 0.356. The molecule has 1 aliphatic heterocycles. The minimum Gasteiger partial charge on any atom is -0.497 e. The highest BCUT2D eigenvalue weighted by atomic mass is 16.5. The molecule has 0 bridgehead atoms. The predicted molar refractivity (Wildman–Crippen MR) is 98.0 cm³/mol. The van der Waals surface area contributed by atoms with E-state index in [0.29, 0.717) is 28.8 Å². The molecule has 3 rings (SSSR count). The average Bonchev–Trinajstić information content (AvgIpc) is 3.08. The Morgan fingerprint density at radius 3 is 2.46 bits per heavy atom. The van der Waals surface area contributed by atoms with E-state index >= 15 is 0 Å². The quantitative estimate of drug-likeness (QED) is 0.827. The lowest BCUT2D eigenvalue weighted by atomic mass is 10.0. The van der Waals surface area contributed by atoms with Gasteiger partial charge in [0.1, 0.15) is 11.5 Å². The van der Waals surface area contributed by atoms with Crippen LogP contribution in [0.5, 0.6) is 11.5 Å². The number of anilines is 2. The summed E-state index contributed by atoms with van der Waals surface area (Å²) in [5, 5.41) is 9.87. The summed E-state index contributed by atoms with van der Waals surface area (Å²) in [6.45, 7) is 2.45. The molecule has 2 N–H and O–H groups in total. The number of amides is 2. The molecule has 0 spiro atoms. The maximum absolute atomic E-state index is 12.2. The fraction of sp³-hybridized carbons (Fsp3) is 0.444. The van der Waals surface area contributed by atoms with E-state index in [2.05, 4.69) is 15.7 Å². The first kappa shape index (κ1) is 18.1. The number of nitrogens with one attached hydrogen (secondary N) is 2. The number of aromatic nitrogens is 2. The Hall–Kier alpha value is -2.74. The zero-order valence-corrected chi connectivity index (χ0v) is 15.0. The van der Waals surface area contributed by atoms with Gasteiger partial charge in [0, 0.05) is 49.8 Å². The first-order chi connectivity index (χ1) is 12.7. The predicted octanol–water partition coefficient (Wildman–Crippen LogP) is 2.97. The Bertz CT molecular complexity index is 718. The van der Waals surface area contributed by atoms with Crippen molar-refractivity contribution in [1.29, 1.82) is 0 Å². The zero-order valence-electron chi connectivity index (χ0n) is 15.0. The van der Waals surface area contributed by atoms with Crippen molar-refractivity contribution >= 4 is 17.4 Å². The molecule has 1 fully saturated rings. The van der Waals surface area contributed by atoms with Gasteiger partial charge in [-0.3, -0.25) is 4.68 Å². The van der Waals surface area contributed by atoms with Crippen LogP contribution in [0.2, 0.25) is 0 Å². The summed E-state index contributed by atoms with van der Waals surface area (Å²) in [4.78, 5) is 12.2. The molecular weight excluding hydrogens is 336 g/mol. The number of nitrogens with zero attached hydrogens (tertiary/aromatic N) is 2. The average molecular weight is 360 g/mol. The lowest BCUT2D eigenvalue weighted by Gasteiger charge is -2.21. The molecule has 0 saturated carbocycles. The van der Waals surface area contributed by atoms with Gasteiger partial charge in [-0.05, 0) is 18.8 Å². The van der Waals surface area contributed by atoms with Crippen molar-refractivity contribution in [2.75, 3.05) is 38.1 Å². The molecule has 0 radical (unpaired) electrons. The second kappa shape index (κ2) is 8.57. The third-order valence-corrected chi connectivity index (χ3v) is 4.29. The molecule has 8 nitrogen and oxygen atoms in total. The van der Waals surface area contributed by atoms with E-state index in [9.17, 15) is 4.79 Å². The van der Waals surface area contributed by atoms with Crippen LogP contribution in [0.15, 0.2) is 30.6 Å². The second-order valence-electron chi connectivity index (χ2n) is 6.19. The smallest absolute Gasteiger partial charge is 0.323 e. The molecule has 26 heavy (non-hydrogen) atoms. The van der Waals surface area contributed by atoms with Crippen LogP contribution < -0.4 is 20.1 Å². The van der Waals surface area contributed by atoms with E-state index in [0.717, 1.165) is 32.6 Å². The van der Waals surface area contributed by atoms with Crippen molar-refractivity contribution in [1.82, 2.24) is 9.78 Å². The molecule has 1 aromatic heterocycles. The summed E-state index contributed by atoms with van der Waals surface area (Å²) in [6.07, 6.45) is 5.56. The van der Waals surface area contributed by atoms with Crippen LogP contribution in [-0.4, -0.2) is 43.2 Å². The highest BCUT2D eigenvalue weighted by molar-refractivity contribution is 5.99. The van der Waals surface area contributed by atoms with E-state index in [1.165, 1.54) is 0 Å². The van der Waals surface area contributed by atoms with Gasteiger partial charge in [-0.25, -0.2) is 4.79 Å². The Morgan fingerprint density at radius 2 is 1.81 bits per heavy atom. The monoisotopic (exact) mass is 360 g/mol. The maximum Gasteiger partial charge on any atom is 0.323 e. The third-order valence-electron chi connectivity index (χ3n) is 4.29. The van der Waals surface area contributed by atoms with Crippen LogP contribution in [0.3, 0.4) is 0 Å². The van der Waals surface area contributed by atoms with Crippen molar-refractivity contribution in [3.05, 3.63) is 30.6 Å². The van der Waals surface area contributed by atoms with Crippen molar-refractivity contribution in [3.63, 3.8) is 0 Å². The minimum atomic E-state index is -0.356. The summed E-state index contributed by atoms with van der Waals surface area (Å²) in [5.41, 5.74) is 1.22. The van der Waals surface area contributed by atoms with E-state index in [-0.39, 0.29) is 6.03 Å². The number of methoxy groups -OCH3 is 2. The van der Waals surface area contributed by atoms with Crippen molar-refractivity contribution in [3.8, 4) is 11.5 Å². The third kappa shape index (κ3) is 4.89. The van der Waals surface area contributed by atoms with Gasteiger partial charge in [-0.2, -0.15) is 5.10 Å². The topological polar surface area (TPSA) is 86.6 Å². The Kier molecular flexibility index (Phi) is 5.96. The molecule has 0 atom stereocenters. The Balaban J connectivity index is 1.56. The number of carbonyl (C=O) groups excluding carboxylic acids is 1. The number of carbonyl (C=O) groups is 1. The van der Waals surface area contributed by atoms with Crippen LogP contribution in [-0.2, 0) is 11.3 Å². The molecule has 1 saturated heterocycles. The van der Waals surface area contributed by atoms with Gasteiger partial charge >= 0.3 is 6.03 Å². The van der Waals surface area contributed by atoms with Crippen molar-refractivity contribution in [2.45, 2.75) is 19.4 Å². The molecule has 0 aliphatic carbocycles. The van der Waals surface area contributed by atoms with Crippen LogP contribution in [0, 0.1) is 5.92 Å². The second-order valence-corrected chi connectivity index (χ2v) is 6.19. The maximum atomic E-state index is 12.2. The summed E-state index contributed by atoms with van der Waals surface area (Å²) in [5.74, 6) is 1.77. The van der Waals surface area contributed by atoms with E-state index < -0.39 is 0 Å². The lowest BCUT2D eigenvalue weighted by Crippen LogP contribution is -2.21. The fourth-order valence-corrected chi connectivity index (χ4v) is 2.89. The number of ether oxygens (including phenoxy) is 3. The normalized spacial score (nSPS) is 14.7. The number of hydrogen-bond donors (Lipinski definition) is 2. The van der Waals surface area contributed by atoms with Crippen molar-refractivity contribution < 1.29 is 19.0 Å². The molecule has 2 heterocycles. The standard InChI is InChI=1S/C18H24N4O4/c1-24-16-7-14(8-17(9-16)25-2)20-18(23)21-15-10-19-22(12-15)11-13-3-5-26-6-4-13/h7-10,12-13H,3-6,11H2,1-2H3,(H2,20,21,23). The summed E-state index contributed by atoms with van der Waals surface area (Å²) < 4.78 is 17.6. The van der Waals surface area contributed by atoms with Crippen LogP contribution in [0.4, 0.5) is 16.2 Å². The Morgan fingerprint density at radius 1 is 1.15 bits per heavy atom. The van der Waals surface area contributed by atoms with Gasteiger partial charge in [-0.15, -0.1) is 0 Å². The lowest BCUT2D eigenvalue weighted by molar-refractivity contribution is 0.0601. The van der Waals surface area contributed by atoms with Crippen LogP contribution in [0.1, 0.15) is 12.8 Å². The van der Waals surface area contributed by atoms with Crippen LogP contribution in [0.25, 0.3) is 0 Å². The summed E-state index contributed by atoms with van der Waals surface area (Å²) in [7, 11) is 3.12. The largest absolute Gasteiger partial charge is 0.497 e. The van der Waals surface area contributed by atoms with E-state index in [1.54, 1.807) is 38.6 Å². The van der Waals surface area contributed by atoms with Crippen molar-refractivity contribution in [2.24, 2.45) is 5.92 Å². The molecule has 2 amide bonds. The van der Waals surface area contributed by atoms with Gasteiger partial charge in [0.05, 0.1) is 26.1 Å². The molecule has 1 aliphatic rings. The molecule has 2 aromatic rings. The van der Waals surface area contributed by atoms with Gasteiger partial charge < -0.3 is 24.8 Å². The van der Waals surface area contributed by atoms with Gasteiger partial charge in [0.15, 0.2) is 0 Å². The van der Waals surface area contributed by atoms with Gasteiger partial charge in [-0.1, -0.05) is 0 Å². The number of benzene rings is 1. The number of rotatable bonds is 6. The number of hydrogen-bond acceptors (Lipinski definition) is 5. The molecule has 1 aromatic carbocycles. The fourth-order valence-electron chi connectivity index (χ4n) is 2.89. The number of urea groups is 1. The van der Waals surface area contributed by atoms with Gasteiger partial charge in [0.25, 0.3) is 0 Å². The summed E-state index contributed by atoms with van der Waals surface area (Å²) in [6, 6.07) is 4.82. The van der Waals surface area contributed by atoms with Gasteiger partial charge in [0.2, 0.25) is 0 Å². The molecule has 140 valence electrons. The van der Waals surface area contributed by atoms with E-state index in [1.807, 2.05) is 10.9 Å². The highest BCUT2D eigenvalue weighted by Crippen LogP contribution is 2.26. The molecule has 8 heteroatoms. The SMILES string of the molecule is COc1cc(NC(=O)Nc2cnn(CC3CCOCC3)c2)cc(OC)c1. The zero-order chi connectivity index (χ0) is 18.4. The van der Waals surface area contributed by atoms with E-state index in [4.69, 9.17) is 14.2 Å². The molecular formula is C18H24N4O4. The summed E-state index contributed by atoms with van der Waals surface area (Å²) >= 11 is 0. The first-order valence-corrected chi connectivity index (χ1v) is 8.57. The first-order valence-electron chi connectivity index (χ1n) is 8.57. The van der Waals surface area contributed by atoms with Crippen LogP contribution >= 0.6 is 0 Å².